The molecule has 1 aromatic heterocycles. The van der Waals surface area contributed by atoms with E-state index in [9.17, 15) is 4.79 Å². The molecule has 1 unspecified atom stereocenters. The van der Waals surface area contributed by atoms with Gasteiger partial charge in [0.25, 0.3) is 0 Å². The number of carbonyl (C=O) groups is 1. The van der Waals surface area contributed by atoms with Crippen LogP contribution >= 0.6 is 11.3 Å². The van der Waals surface area contributed by atoms with E-state index in [0.29, 0.717) is 6.54 Å². The van der Waals surface area contributed by atoms with Crippen LogP contribution in [0.2, 0.25) is 0 Å². The minimum atomic E-state index is 0.0852. The van der Waals surface area contributed by atoms with E-state index in [1.54, 1.807) is 18.4 Å². The van der Waals surface area contributed by atoms with Gasteiger partial charge < -0.3 is 9.64 Å². The van der Waals surface area contributed by atoms with Crippen molar-refractivity contribution in [2.75, 3.05) is 12.0 Å². The Kier molecular flexibility index (Phi) is 5.13. The standard InChI is InChI=1S/C19H21NO2S/c1-22-17-11-9-16(10-12-17)20(14-18-8-5-13-23-18)19(21)15-6-3-2-4-7-15/h2-3,5,8-13,15H,4,6-7,14H2,1H3. The van der Waals surface area contributed by atoms with Gasteiger partial charge >= 0.3 is 0 Å². The summed E-state index contributed by atoms with van der Waals surface area (Å²) in [6, 6.07) is 11.8. The summed E-state index contributed by atoms with van der Waals surface area (Å²) in [7, 11) is 1.65. The van der Waals surface area contributed by atoms with Crippen LogP contribution in [0.25, 0.3) is 0 Å². The zero-order valence-electron chi connectivity index (χ0n) is 13.3. The van der Waals surface area contributed by atoms with Gasteiger partial charge in [-0.15, -0.1) is 11.3 Å². The van der Waals surface area contributed by atoms with Crippen LogP contribution in [0.1, 0.15) is 24.1 Å². The predicted molar refractivity (Wildman–Crippen MR) is 95.0 cm³/mol. The highest BCUT2D eigenvalue weighted by atomic mass is 32.1. The number of anilines is 1. The zero-order valence-corrected chi connectivity index (χ0v) is 14.1. The third-order valence-corrected chi connectivity index (χ3v) is 5.02. The molecule has 23 heavy (non-hydrogen) atoms. The van der Waals surface area contributed by atoms with E-state index in [1.165, 1.54) is 4.88 Å². The number of thiophene rings is 1. The van der Waals surface area contributed by atoms with Gasteiger partial charge in [0.15, 0.2) is 0 Å². The molecule has 1 aromatic carbocycles. The summed E-state index contributed by atoms with van der Waals surface area (Å²) < 4.78 is 5.22. The lowest BCUT2D eigenvalue weighted by molar-refractivity contribution is -0.122. The first kappa shape index (κ1) is 15.8. The molecule has 4 heteroatoms. The molecule has 1 aliphatic rings. The fourth-order valence-corrected chi connectivity index (χ4v) is 3.55. The molecule has 3 nitrogen and oxygen atoms in total. The summed E-state index contributed by atoms with van der Waals surface area (Å²) in [6.45, 7) is 0.628. The average molecular weight is 327 g/mol. The molecule has 0 saturated carbocycles. The largest absolute Gasteiger partial charge is 0.497 e. The lowest BCUT2D eigenvalue weighted by atomic mass is 9.93. The number of carbonyl (C=O) groups excluding carboxylic acids is 1. The molecule has 0 aliphatic heterocycles. The Balaban J connectivity index is 1.85. The number of methoxy groups -OCH3 is 1. The monoisotopic (exact) mass is 327 g/mol. The Morgan fingerprint density at radius 1 is 1.26 bits per heavy atom. The Morgan fingerprint density at radius 2 is 2.09 bits per heavy atom. The molecular weight excluding hydrogens is 306 g/mol. The van der Waals surface area contributed by atoms with Crippen molar-refractivity contribution in [3.05, 3.63) is 58.8 Å². The molecule has 0 radical (unpaired) electrons. The number of benzene rings is 1. The molecule has 0 saturated heterocycles. The molecule has 120 valence electrons. The molecule has 2 aromatic rings. The van der Waals surface area contributed by atoms with Gasteiger partial charge in [0, 0.05) is 16.5 Å². The van der Waals surface area contributed by atoms with E-state index >= 15 is 0 Å². The smallest absolute Gasteiger partial charge is 0.230 e. The second-order valence-corrected chi connectivity index (χ2v) is 6.72. The van der Waals surface area contributed by atoms with Crippen LogP contribution in [-0.2, 0) is 11.3 Å². The lowest BCUT2D eigenvalue weighted by Gasteiger charge is -2.28. The van der Waals surface area contributed by atoms with Crippen molar-refractivity contribution in [2.24, 2.45) is 5.92 Å². The Bertz CT molecular complexity index is 661. The van der Waals surface area contributed by atoms with E-state index in [4.69, 9.17) is 4.74 Å². The molecule has 0 fully saturated rings. The number of allylic oxidation sites excluding steroid dienone is 2. The summed E-state index contributed by atoms with van der Waals surface area (Å²) in [4.78, 5) is 16.2. The van der Waals surface area contributed by atoms with E-state index < -0.39 is 0 Å². The van der Waals surface area contributed by atoms with Crippen molar-refractivity contribution in [3.63, 3.8) is 0 Å². The molecule has 0 spiro atoms. The molecule has 0 N–H and O–H groups in total. The molecule has 1 heterocycles. The summed E-state index contributed by atoms with van der Waals surface area (Å²) in [5, 5.41) is 2.05. The van der Waals surface area contributed by atoms with Gasteiger partial charge in [-0.2, -0.15) is 0 Å². The van der Waals surface area contributed by atoms with Gasteiger partial charge in [-0.25, -0.2) is 0 Å². The summed E-state index contributed by atoms with van der Waals surface area (Å²) >= 11 is 1.69. The Labute approximate surface area is 141 Å². The van der Waals surface area contributed by atoms with Gasteiger partial charge in [0.2, 0.25) is 5.91 Å². The van der Waals surface area contributed by atoms with Gasteiger partial charge in [-0.3, -0.25) is 4.79 Å². The topological polar surface area (TPSA) is 29.5 Å². The predicted octanol–water partition coefficient (Wildman–Crippen LogP) is 4.65. The summed E-state index contributed by atoms with van der Waals surface area (Å²) in [6.07, 6.45) is 7.07. The fourth-order valence-electron chi connectivity index (χ4n) is 2.86. The molecule has 0 bridgehead atoms. The highest BCUT2D eigenvalue weighted by molar-refractivity contribution is 7.09. The van der Waals surface area contributed by atoms with Gasteiger partial charge in [-0.05, 0) is 55.0 Å². The highest BCUT2D eigenvalue weighted by Gasteiger charge is 2.26. The molecule has 1 amide bonds. The lowest BCUT2D eigenvalue weighted by Crippen LogP contribution is -2.36. The second-order valence-electron chi connectivity index (χ2n) is 5.68. The van der Waals surface area contributed by atoms with Crippen LogP contribution < -0.4 is 9.64 Å². The average Bonchev–Trinajstić information content (AvgIpc) is 3.13. The maximum atomic E-state index is 13.0. The van der Waals surface area contributed by atoms with Crippen LogP contribution in [0, 0.1) is 5.92 Å². The van der Waals surface area contributed by atoms with Crippen LogP contribution in [0.15, 0.2) is 53.9 Å². The van der Waals surface area contributed by atoms with Gasteiger partial charge in [0.05, 0.1) is 13.7 Å². The van der Waals surface area contributed by atoms with Crippen molar-refractivity contribution in [1.29, 1.82) is 0 Å². The van der Waals surface area contributed by atoms with Crippen LogP contribution in [0.4, 0.5) is 5.69 Å². The van der Waals surface area contributed by atoms with Crippen molar-refractivity contribution >= 4 is 22.9 Å². The Morgan fingerprint density at radius 3 is 2.70 bits per heavy atom. The quantitative estimate of drug-likeness (QED) is 0.748. The summed E-state index contributed by atoms with van der Waals surface area (Å²) in [5.74, 6) is 1.10. The molecule has 1 aliphatic carbocycles. The zero-order chi connectivity index (χ0) is 16.1. The molecular formula is C19H21NO2S. The van der Waals surface area contributed by atoms with E-state index in [2.05, 4.69) is 23.6 Å². The van der Waals surface area contributed by atoms with Crippen molar-refractivity contribution < 1.29 is 9.53 Å². The minimum absolute atomic E-state index is 0.0852. The fraction of sp³-hybridized carbons (Fsp3) is 0.316. The van der Waals surface area contributed by atoms with Gasteiger partial charge in [-0.1, -0.05) is 18.2 Å². The maximum absolute atomic E-state index is 13.0. The van der Waals surface area contributed by atoms with Crippen molar-refractivity contribution in [1.82, 2.24) is 0 Å². The maximum Gasteiger partial charge on any atom is 0.230 e. The number of amides is 1. The van der Waals surface area contributed by atoms with Crippen LogP contribution in [-0.4, -0.2) is 13.0 Å². The third-order valence-electron chi connectivity index (χ3n) is 4.16. The normalized spacial score (nSPS) is 17.0. The first-order valence-electron chi connectivity index (χ1n) is 7.91. The van der Waals surface area contributed by atoms with Crippen molar-refractivity contribution in [2.45, 2.75) is 25.8 Å². The SMILES string of the molecule is COc1ccc(N(Cc2cccs2)C(=O)C2CC=CCC2)cc1. The van der Waals surface area contributed by atoms with Gasteiger partial charge in [0.1, 0.15) is 5.75 Å². The number of rotatable bonds is 5. The number of hydrogen-bond donors (Lipinski definition) is 0. The van der Waals surface area contributed by atoms with E-state index in [-0.39, 0.29) is 11.8 Å². The first-order valence-corrected chi connectivity index (χ1v) is 8.78. The number of ether oxygens (including phenoxy) is 1. The third kappa shape index (κ3) is 3.82. The van der Waals surface area contributed by atoms with Crippen LogP contribution in [0.3, 0.4) is 0 Å². The van der Waals surface area contributed by atoms with Crippen molar-refractivity contribution in [3.8, 4) is 5.75 Å². The second kappa shape index (κ2) is 7.47. The van der Waals surface area contributed by atoms with E-state index in [0.717, 1.165) is 30.7 Å². The highest BCUT2D eigenvalue weighted by Crippen LogP contribution is 2.28. The minimum Gasteiger partial charge on any atom is -0.497 e. The molecule has 3 rings (SSSR count). The Hall–Kier alpha value is -2.07. The number of nitrogens with zero attached hydrogens (tertiary/aromatic N) is 1. The molecule has 1 atom stereocenters. The summed E-state index contributed by atoms with van der Waals surface area (Å²) in [5.41, 5.74) is 0.929. The number of hydrogen-bond acceptors (Lipinski definition) is 3. The van der Waals surface area contributed by atoms with E-state index in [1.807, 2.05) is 35.2 Å². The van der Waals surface area contributed by atoms with Crippen LogP contribution in [0.5, 0.6) is 5.75 Å². The first-order chi connectivity index (χ1) is 11.3.